The lowest BCUT2D eigenvalue weighted by molar-refractivity contribution is 0.866. The van der Waals surface area contributed by atoms with Crippen LogP contribution in [0.3, 0.4) is 0 Å². The van der Waals surface area contributed by atoms with Crippen LogP contribution in [-0.2, 0) is 0 Å². The fourth-order valence-electron chi connectivity index (χ4n) is 0.596. The van der Waals surface area contributed by atoms with Crippen LogP contribution in [0.25, 0.3) is 0 Å². The molecule has 0 aliphatic heterocycles. The maximum absolute atomic E-state index is 4.10. The summed E-state index contributed by atoms with van der Waals surface area (Å²) in [5.74, 6) is 6.38. The Morgan fingerprint density at radius 1 is 1.64 bits per heavy atom. The van der Waals surface area contributed by atoms with Gasteiger partial charge < -0.3 is 0 Å². The van der Waals surface area contributed by atoms with Crippen molar-refractivity contribution in [3.05, 3.63) is 18.2 Å². The average Bonchev–Trinajstić information content (AvgIpc) is 2.31. The monoisotopic (exact) mass is 166 g/mol. The fraction of sp³-hybridized carbons (Fsp3) is 0.375. The third kappa shape index (κ3) is 2.32. The molecule has 1 heterocycles. The predicted molar refractivity (Wildman–Crippen MR) is 48.3 cm³/mol. The maximum atomic E-state index is 4.10. The van der Waals surface area contributed by atoms with Crippen LogP contribution in [0.2, 0.25) is 0 Å². The third-order valence-electron chi connectivity index (χ3n) is 1.11. The molecular weight excluding hydrogens is 156 g/mol. The number of rotatable bonds is 0. The summed E-state index contributed by atoms with van der Waals surface area (Å²) in [7, 11) is 0. The third-order valence-corrected chi connectivity index (χ3v) is 1.43. The first kappa shape index (κ1) is 8.22. The van der Waals surface area contributed by atoms with E-state index >= 15 is 0 Å². The molecule has 0 saturated carbocycles. The van der Waals surface area contributed by atoms with Gasteiger partial charge in [0.05, 0.1) is 6.20 Å². The molecule has 11 heavy (non-hydrogen) atoms. The average molecular weight is 166 g/mol. The van der Waals surface area contributed by atoms with Crippen LogP contribution in [0.5, 0.6) is 0 Å². The Bertz CT molecular complexity index is 291. The van der Waals surface area contributed by atoms with Crippen molar-refractivity contribution in [2.45, 2.75) is 13.8 Å². The van der Waals surface area contributed by atoms with E-state index in [2.05, 4.69) is 29.6 Å². The van der Waals surface area contributed by atoms with Crippen molar-refractivity contribution >= 4 is 12.8 Å². The Kier molecular flexibility index (Phi) is 2.61. The molecule has 0 N–H and O–H groups in total. The van der Waals surface area contributed by atoms with Gasteiger partial charge in [0.25, 0.3) is 0 Å². The van der Waals surface area contributed by atoms with E-state index in [1.807, 2.05) is 13.8 Å². The SMILES string of the molecule is CC(C)C#Cc1cncn1S. The molecule has 58 valence electrons. The molecule has 0 atom stereocenters. The van der Waals surface area contributed by atoms with Gasteiger partial charge in [-0.15, -0.1) is 0 Å². The molecule has 0 unspecified atom stereocenters. The molecule has 0 fully saturated rings. The van der Waals surface area contributed by atoms with Crippen LogP contribution < -0.4 is 0 Å². The number of imidazole rings is 1. The van der Waals surface area contributed by atoms with E-state index in [4.69, 9.17) is 0 Å². The molecule has 0 amide bonds. The topological polar surface area (TPSA) is 17.8 Å². The maximum Gasteiger partial charge on any atom is 0.122 e. The lowest BCUT2D eigenvalue weighted by Gasteiger charge is -1.89. The highest BCUT2D eigenvalue weighted by atomic mass is 32.1. The van der Waals surface area contributed by atoms with Gasteiger partial charge in [0.1, 0.15) is 12.0 Å². The molecule has 0 aliphatic carbocycles. The number of hydrogen-bond donors (Lipinski definition) is 1. The van der Waals surface area contributed by atoms with Gasteiger partial charge in [0.15, 0.2) is 0 Å². The second-order valence-corrected chi connectivity index (χ2v) is 2.98. The summed E-state index contributed by atoms with van der Waals surface area (Å²) in [6.07, 6.45) is 3.32. The van der Waals surface area contributed by atoms with Crippen molar-refractivity contribution < 1.29 is 0 Å². The Labute approximate surface area is 72.2 Å². The zero-order valence-electron chi connectivity index (χ0n) is 6.57. The predicted octanol–water partition coefficient (Wildman–Crippen LogP) is 1.58. The van der Waals surface area contributed by atoms with Gasteiger partial charge in [-0.3, -0.25) is 3.97 Å². The van der Waals surface area contributed by atoms with Crippen LogP contribution in [0.15, 0.2) is 12.5 Å². The lowest BCUT2D eigenvalue weighted by Crippen LogP contribution is -1.83. The minimum Gasteiger partial charge on any atom is -0.268 e. The van der Waals surface area contributed by atoms with Gasteiger partial charge in [-0.25, -0.2) is 4.98 Å². The zero-order chi connectivity index (χ0) is 8.27. The van der Waals surface area contributed by atoms with E-state index in [1.165, 1.54) is 0 Å². The van der Waals surface area contributed by atoms with Gasteiger partial charge in [-0.2, -0.15) is 0 Å². The Balaban J connectivity index is 2.81. The molecule has 1 aromatic heterocycles. The Morgan fingerprint density at radius 2 is 2.36 bits per heavy atom. The summed E-state index contributed by atoms with van der Waals surface area (Å²) in [6, 6.07) is 0. The molecule has 0 aliphatic rings. The first-order valence-corrected chi connectivity index (χ1v) is 3.83. The van der Waals surface area contributed by atoms with Crippen LogP contribution in [0.1, 0.15) is 19.5 Å². The fourth-order valence-corrected chi connectivity index (χ4v) is 0.758. The van der Waals surface area contributed by atoms with Crippen LogP contribution >= 0.6 is 12.8 Å². The molecule has 0 radical (unpaired) electrons. The first-order chi connectivity index (χ1) is 5.20. The summed E-state index contributed by atoms with van der Waals surface area (Å²) >= 11 is 4.10. The van der Waals surface area contributed by atoms with E-state index in [-0.39, 0.29) is 0 Å². The second-order valence-electron chi connectivity index (χ2n) is 2.55. The summed E-state index contributed by atoms with van der Waals surface area (Å²) < 4.78 is 1.61. The number of aromatic nitrogens is 2. The van der Waals surface area contributed by atoms with Gasteiger partial charge >= 0.3 is 0 Å². The molecule has 0 bridgehead atoms. The molecule has 0 spiro atoms. The molecule has 3 heteroatoms. The van der Waals surface area contributed by atoms with Crippen molar-refractivity contribution in [1.29, 1.82) is 0 Å². The summed E-state index contributed by atoms with van der Waals surface area (Å²) in [5.41, 5.74) is 0.835. The molecule has 2 nitrogen and oxygen atoms in total. The lowest BCUT2D eigenvalue weighted by atomic mass is 10.2. The highest BCUT2D eigenvalue weighted by Gasteiger charge is 1.91. The van der Waals surface area contributed by atoms with E-state index in [9.17, 15) is 0 Å². The minimum absolute atomic E-state index is 0.387. The van der Waals surface area contributed by atoms with Gasteiger partial charge in [0.2, 0.25) is 0 Å². The number of hydrogen-bond acceptors (Lipinski definition) is 2. The summed E-state index contributed by atoms with van der Waals surface area (Å²) in [5, 5.41) is 0. The smallest absolute Gasteiger partial charge is 0.122 e. The van der Waals surface area contributed by atoms with Crippen LogP contribution in [-0.4, -0.2) is 8.96 Å². The van der Waals surface area contributed by atoms with Crippen molar-refractivity contribution in [2.24, 2.45) is 5.92 Å². The van der Waals surface area contributed by atoms with Gasteiger partial charge in [-0.1, -0.05) is 32.6 Å². The zero-order valence-corrected chi connectivity index (χ0v) is 7.47. The van der Waals surface area contributed by atoms with Crippen molar-refractivity contribution in [2.75, 3.05) is 0 Å². The molecule has 1 rings (SSSR count). The number of nitrogens with zero attached hydrogens (tertiary/aromatic N) is 2. The molecule has 0 saturated heterocycles. The number of thiol groups is 1. The normalized spacial score (nSPS) is 9.45. The highest BCUT2D eigenvalue weighted by molar-refractivity contribution is 7.78. The molecule has 0 aromatic carbocycles. The second kappa shape index (κ2) is 3.49. The van der Waals surface area contributed by atoms with E-state index in [0.717, 1.165) is 5.69 Å². The largest absolute Gasteiger partial charge is 0.268 e. The molecular formula is C8H10N2S. The highest BCUT2D eigenvalue weighted by Crippen LogP contribution is 1.98. The quantitative estimate of drug-likeness (QED) is 0.457. The minimum atomic E-state index is 0.387. The van der Waals surface area contributed by atoms with Gasteiger partial charge in [-0.05, 0) is 5.92 Å². The van der Waals surface area contributed by atoms with Crippen LogP contribution in [0.4, 0.5) is 0 Å². The van der Waals surface area contributed by atoms with E-state index in [0.29, 0.717) is 5.92 Å². The van der Waals surface area contributed by atoms with E-state index < -0.39 is 0 Å². The summed E-state index contributed by atoms with van der Waals surface area (Å²) in [6.45, 7) is 4.10. The Morgan fingerprint density at radius 3 is 2.82 bits per heavy atom. The van der Waals surface area contributed by atoms with E-state index in [1.54, 1.807) is 16.5 Å². The standard InChI is InChI=1S/C8H10N2S/c1-7(2)3-4-8-5-9-6-10(8)11/h5-7,11H,1-2H3. The van der Waals surface area contributed by atoms with Crippen LogP contribution in [0, 0.1) is 17.8 Å². The van der Waals surface area contributed by atoms with Gasteiger partial charge in [0, 0.05) is 5.92 Å². The molecule has 1 aromatic rings. The summed E-state index contributed by atoms with van der Waals surface area (Å²) in [4.78, 5) is 3.88. The van der Waals surface area contributed by atoms with Crippen molar-refractivity contribution in [3.8, 4) is 11.8 Å². The first-order valence-electron chi connectivity index (χ1n) is 3.43. The Hall–Kier alpha value is -0.880. The van der Waals surface area contributed by atoms with Crippen molar-refractivity contribution in [1.82, 2.24) is 8.96 Å². The van der Waals surface area contributed by atoms with Crippen molar-refractivity contribution in [3.63, 3.8) is 0 Å².